The van der Waals surface area contributed by atoms with Crippen LogP contribution in [0.2, 0.25) is 5.02 Å². The van der Waals surface area contributed by atoms with Gasteiger partial charge in [-0.15, -0.1) is 0 Å². The van der Waals surface area contributed by atoms with E-state index in [9.17, 15) is 9.59 Å². The Balaban J connectivity index is 2.03. The van der Waals surface area contributed by atoms with Crippen molar-refractivity contribution in [1.82, 2.24) is 4.98 Å². The second kappa shape index (κ2) is 6.59. The summed E-state index contributed by atoms with van der Waals surface area (Å²) >= 11 is 6.41. The Hall–Kier alpha value is -3.05. The quantitative estimate of drug-likeness (QED) is 0.656. The van der Waals surface area contributed by atoms with Gasteiger partial charge in [-0.3, -0.25) is 4.79 Å². The number of anilines is 1. The van der Waals surface area contributed by atoms with Crippen LogP contribution in [0.4, 0.5) is 5.69 Å². The lowest BCUT2D eigenvalue weighted by Crippen LogP contribution is -2.17. The number of ether oxygens (including phenoxy) is 1. The van der Waals surface area contributed by atoms with E-state index in [2.05, 4.69) is 10.3 Å². The fraction of sp³-hybridized carbons (Fsp3) is 0.143. The number of amides is 1. The lowest BCUT2D eigenvalue weighted by Gasteiger charge is -2.14. The molecule has 1 atom stereocenters. The van der Waals surface area contributed by atoms with Gasteiger partial charge in [-0.2, -0.15) is 0 Å². The molecule has 1 aliphatic heterocycles. The number of hydrogen-bond donors (Lipinski definition) is 2. The highest BCUT2D eigenvalue weighted by molar-refractivity contribution is 6.33. The number of H-pyrrole nitrogens is 1. The molecule has 0 bridgehead atoms. The number of halogens is 1. The highest BCUT2D eigenvalue weighted by Gasteiger charge is 2.38. The summed E-state index contributed by atoms with van der Waals surface area (Å²) < 4.78 is 5.00. The first-order valence-corrected chi connectivity index (χ1v) is 8.86. The number of rotatable bonds is 3. The Kier molecular flexibility index (Phi) is 4.24. The number of esters is 1. The van der Waals surface area contributed by atoms with Crippen molar-refractivity contribution in [2.45, 2.75) is 12.8 Å². The Morgan fingerprint density at radius 2 is 1.81 bits per heavy atom. The van der Waals surface area contributed by atoms with E-state index in [1.807, 2.05) is 42.5 Å². The number of fused-ring (bicyclic) bond motifs is 1. The van der Waals surface area contributed by atoms with E-state index < -0.39 is 11.9 Å². The molecule has 4 rings (SSSR count). The summed E-state index contributed by atoms with van der Waals surface area (Å²) in [5.74, 6) is -1.31. The molecule has 2 N–H and O–H groups in total. The van der Waals surface area contributed by atoms with Crippen molar-refractivity contribution in [2.75, 3.05) is 12.4 Å². The molecule has 1 amide bonds. The number of benzene rings is 2. The number of hydrogen-bond acceptors (Lipinski definition) is 3. The van der Waals surface area contributed by atoms with E-state index in [1.165, 1.54) is 7.11 Å². The number of methoxy groups -OCH3 is 1. The molecule has 136 valence electrons. The van der Waals surface area contributed by atoms with Crippen LogP contribution in [0.5, 0.6) is 0 Å². The number of nitrogens with one attached hydrogen (secondary N) is 2. The molecule has 5 nitrogen and oxygen atoms in total. The summed E-state index contributed by atoms with van der Waals surface area (Å²) in [6, 6.07) is 14.8. The van der Waals surface area contributed by atoms with Gasteiger partial charge in [0.1, 0.15) is 0 Å². The Labute approximate surface area is 161 Å². The Morgan fingerprint density at radius 3 is 2.56 bits per heavy atom. The van der Waals surface area contributed by atoms with E-state index in [1.54, 1.807) is 13.0 Å². The number of para-hydroxylation sites is 1. The van der Waals surface area contributed by atoms with Gasteiger partial charge >= 0.3 is 5.97 Å². The Morgan fingerprint density at radius 1 is 1.11 bits per heavy atom. The third-order valence-electron chi connectivity index (χ3n) is 4.84. The van der Waals surface area contributed by atoms with E-state index in [0.29, 0.717) is 27.5 Å². The monoisotopic (exact) mass is 380 g/mol. The molecule has 2 heterocycles. The van der Waals surface area contributed by atoms with Gasteiger partial charge in [0.25, 0.3) is 0 Å². The van der Waals surface area contributed by atoms with Crippen LogP contribution in [0.1, 0.15) is 33.1 Å². The van der Waals surface area contributed by atoms with Crippen molar-refractivity contribution in [3.63, 3.8) is 0 Å². The number of aryl methyl sites for hydroxylation is 1. The van der Waals surface area contributed by atoms with Gasteiger partial charge in [0.2, 0.25) is 5.91 Å². The molecule has 1 aliphatic rings. The number of aromatic amines is 1. The van der Waals surface area contributed by atoms with Gasteiger partial charge in [0, 0.05) is 27.5 Å². The standard InChI is InChI=1S/C21H17ClN2O3/c1-11-16(21(26)27-2)18(19(23-11)12-7-3-5-9-14(12)22)17-13-8-4-6-10-15(13)24-20(17)25/h3-10,17,23H,1-2H3,(H,24,25)/t17-/m1/s1. The van der Waals surface area contributed by atoms with E-state index in [-0.39, 0.29) is 5.91 Å². The summed E-state index contributed by atoms with van der Waals surface area (Å²) in [4.78, 5) is 28.7. The minimum atomic E-state index is -0.633. The maximum Gasteiger partial charge on any atom is 0.340 e. The highest BCUT2D eigenvalue weighted by atomic mass is 35.5. The molecule has 0 saturated heterocycles. The zero-order valence-corrected chi connectivity index (χ0v) is 15.6. The van der Waals surface area contributed by atoms with Gasteiger partial charge in [-0.1, -0.05) is 48.0 Å². The topological polar surface area (TPSA) is 71.2 Å². The van der Waals surface area contributed by atoms with Crippen molar-refractivity contribution in [1.29, 1.82) is 0 Å². The smallest absolute Gasteiger partial charge is 0.340 e. The normalized spacial score (nSPS) is 15.4. The molecule has 0 radical (unpaired) electrons. The van der Waals surface area contributed by atoms with Crippen LogP contribution in [0.3, 0.4) is 0 Å². The third kappa shape index (κ3) is 2.71. The molecular formula is C21H17ClN2O3. The number of aromatic nitrogens is 1. The van der Waals surface area contributed by atoms with Crippen LogP contribution in [0.15, 0.2) is 48.5 Å². The fourth-order valence-corrected chi connectivity index (χ4v) is 3.90. The van der Waals surface area contributed by atoms with Crippen molar-refractivity contribution in [2.24, 2.45) is 0 Å². The maximum absolute atomic E-state index is 12.9. The SMILES string of the molecule is COC(=O)c1c(C)[nH]c(-c2ccccc2Cl)c1[C@@H]1C(=O)Nc2ccccc21. The Bertz CT molecular complexity index is 1070. The summed E-state index contributed by atoms with van der Waals surface area (Å²) in [6.07, 6.45) is 0. The average molecular weight is 381 g/mol. The number of carbonyl (C=O) groups is 2. The molecule has 0 aliphatic carbocycles. The van der Waals surface area contributed by atoms with Crippen molar-refractivity contribution in [3.05, 3.63) is 75.9 Å². The second-order valence-corrected chi connectivity index (χ2v) is 6.80. The lowest BCUT2D eigenvalue weighted by atomic mass is 9.87. The summed E-state index contributed by atoms with van der Waals surface area (Å²) in [7, 11) is 1.33. The van der Waals surface area contributed by atoms with Crippen LogP contribution in [0.25, 0.3) is 11.3 Å². The molecule has 3 aromatic rings. The van der Waals surface area contributed by atoms with Crippen molar-refractivity contribution < 1.29 is 14.3 Å². The van der Waals surface area contributed by atoms with Gasteiger partial charge in [-0.05, 0) is 24.6 Å². The highest BCUT2D eigenvalue weighted by Crippen LogP contribution is 2.44. The van der Waals surface area contributed by atoms with Crippen LogP contribution in [-0.4, -0.2) is 24.0 Å². The van der Waals surface area contributed by atoms with E-state index >= 15 is 0 Å². The molecule has 0 spiro atoms. The summed E-state index contributed by atoms with van der Waals surface area (Å²) in [5.41, 5.74) is 4.51. The van der Waals surface area contributed by atoms with Crippen molar-refractivity contribution >= 4 is 29.2 Å². The molecule has 0 unspecified atom stereocenters. The molecule has 2 aromatic carbocycles. The van der Waals surface area contributed by atoms with Crippen molar-refractivity contribution in [3.8, 4) is 11.3 Å². The van der Waals surface area contributed by atoms with Gasteiger partial charge in [0.15, 0.2) is 0 Å². The molecule has 6 heteroatoms. The van der Waals surface area contributed by atoms with Gasteiger partial charge in [0.05, 0.1) is 24.3 Å². The van der Waals surface area contributed by atoms with Gasteiger partial charge in [-0.25, -0.2) is 4.79 Å². The van der Waals surface area contributed by atoms with Gasteiger partial charge < -0.3 is 15.0 Å². The summed E-state index contributed by atoms with van der Waals surface area (Å²) in [6.45, 7) is 1.79. The minimum Gasteiger partial charge on any atom is -0.465 e. The average Bonchev–Trinajstić information content (AvgIpc) is 3.17. The molecule has 1 aromatic heterocycles. The first kappa shape index (κ1) is 17.4. The molecular weight excluding hydrogens is 364 g/mol. The summed E-state index contributed by atoms with van der Waals surface area (Å²) in [5, 5.41) is 3.43. The van der Waals surface area contributed by atoms with Crippen LogP contribution in [0, 0.1) is 6.92 Å². The van der Waals surface area contributed by atoms with E-state index in [0.717, 1.165) is 16.8 Å². The molecule has 0 saturated carbocycles. The predicted octanol–water partition coefficient (Wildman–Crippen LogP) is 4.51. The largest absolute Gasteiger partial charge is 0.465 e. The van der Waals surface area contributed by atoms with Crippen LogP contribution < -0.4 is 5.32 Å². The van der Waals surface area contributed by atoms with Crippen LogP contribution >= 0.6 is 11.6 Å². The van der Waals surface area contributed by atoms with Crippen LogP contribution in [-0.2, 0) is 9.53 Å². The minimum absolute atomic E-state index is 0.186. The fourth-order valence-electron chi connectivity index (χ4n) is 3.67. The first-order chi connectivity index (χ1) is 13.0. The maximum atomic E-state index is 12.9. The molecule has 27 heavy (non-hydrogen) atoms. The zero-order chi connectivity index (χ0) is 19.1. The van der Waals surface area contributed by atoms with E-state index in [4.69, 9.17) is 16.3 Å². The third-order valence-corrected chi connectivity index (χ3v) is 5.17. The zero-order valence-electron chi connectivity index (χ0n) is 14.8. The lowest BCUT2D eigenvalue weighted by molar-refractivity contribution is -0.116. The first-order valence-electron chi connectivity index (χ1n) is 8.48. The second-order valence-electron chi connectivity index (χ2n) is 6.39. The number of carbonyl (C=O) groups excluding carboxylic acids is 2. The predicted molar refractivity (Wildman–Crippen MR) is 104 cm³/mol. The molecule has 0 fully saturated rings.